The number of ether oxygens (including phenoxy) is 1. The van der Waals surface area contributed by atoms with Gasteiger partial charge in [0, 0.05) is 17.8 Å². The van der Waals surface area contributed by atoms with Crippen molar-refractivity contribution in [3.63, 3.8) is 0 Å². The first kappa shape index (κ1) is 21.2. The first-order valence-electron chi connectivity index (χ1n) is 10.3. The van der Waals surface area contributed by atoms with Crippen LogP contribution in [0, 0.1) is 0 Å². The lowest BCUT2D eigenvalue weighted by atomic mass is 10.1. The summed E-state index contributed by atoms with van der Waals surface area (Å²) in [5.41, 5.74) is 2.85. The molecule has 3 aromatic rings. The molecule has 162 valence electrons. The number of carbonyl (C=O) groups is 1. The number of rotatable bonds is 9. The smallest absolute Gasteiger partial charge is 0.349 e. The Morgan fingerprint density at radius 3 is 2.94 bits per heavy atom. The van der Waals surface area contributed by atoms with Crippen molar-refractivity contribution in [2.75, 3.05) is 19.4 Å². The van der Waals surface area contributed by atoms with E-state index in [0.717, 1.165) is 47.6 Å². The summed E-state index contributed by atoms with van der Waals surface area (Å²) >= 11 is 1.33. The lowest BCUT2D eigenvalue weighted by Gasteiger charge is -2.13. The molecule has 0 fully saturated rings. The van der Waals surface area contributed by atoms with Crippen LogP contribution < -0.4 is 15.7 Å². The molecule has 0 unspecified atom stereocenters. The van der Waals surface area contributed by atoms with Crippen LogP contribution in [0.3, 0.4) is 0 Å². The van der Waals surface area contributed by atoms with Crippen molar-refractivity contribution in [3.8, 4) is 5.75 Å². The van der Waals surface area contributed by atoms with Crippen LogP contribution in [0.25, 0.3) is 0 Å². The number of amides is 1. The van der Waals surface area contributed by atoms with Crippen LogP contribution in [0.15, 0.2) is 56.9 Å². The number of aromatic nitrogens is 2. The van der Waals surface area contributed by atoms with E-state index in [4.69, 9.17) is 9.15 Å². The van der Waals surface area contributed by atoms with Gasteiger partial charge in [-0.1, -0.05) is 30.0 Å². The third-order valence-corrected chi connectivity index (χ3v) is 6.36. The van der Waals surface area contributed by atoms with E-state index in [1.54, 1.807) is 17.9 Å². The molecule has 1 N–H and O–H groups in total. The molecule has 1 aromatic carbocycles. The number of carbonyl (C=O) groups excluding carboxylic acids is 1. The molecule has 1 aliphatic rings. The SMILES string of the molecule is COc1ccccc1CCNC(=O)CSc1nc(=O)n(Cc2ccco2)c2c1CCC2. The lowest BCUT2D eigenvalue weighted by molar-refractivity contribution is -0.118. The van der Waals surface area contributed by atoms with E-state index in [0.29, 0.717) is 24.5 Å². The molecular weight excluding hydrogens is 414 g/mol. The van der Waals surface area contributed by atoms with Crippen LogP contribution in [-0.2, 0) is 30.6 Å². The summed E-state index contributed by atoms with van der Waals surface area (Å²) in [5, 5.41) is 3.61. The molecule has 0 atom stereocenters. The Hall–Kier alpha value is -3.00. The number of nitrogens with zero attached hydrogens (tertiary/aromatic N) is 2. The molecular formula is C23H25N3O4S. The second-order valence-corrected chi connectivity index (χ2v) is 8.31. The Morgan fingerprint density at radius 2 is 2.13 bits per heavy atom. The fourth-order valence-electron chi connectivity index (χ4n) is 3.86. The number of nitrogens with one attached hydrogen (secondary N) is 1. The Balaban J connectivity index is 1.36. The van der Waals surface area contributed by atoms with Gasteiger partial charge in [0.15, 0.2) is 0 Å². The van der Waals surface area contributed by atoms with E-state index in [1.165, 1.54) is 11.8 Å². The van der Waals surface area contributed by atoms with E-state index < -0.39 is 0 Å². The highest BCUT2D eigenvalue weighted by molar-refractivity contribution is 7.99. The zero-order valence-corrected chi connectivity index (χ0v) is 18.2. The van der Waals surface area contributed by atoms with E-state index in [-0.39, 0.29) is 17.3 Å². The fourth-order valence-corrected chi connectivity index (χ4v) is 4.76. The molecule has 31 heavy (non-hydrogen) atoms. The maximum absolute atomic E-state index is 12.6. The van der Waals surface area contributed by atoms with Crippen LogP contribution in [0.2, 0.25) is 0 Å². The summed E-state index contributed by atoms with van der Waals surface area (Å²) in [4.78, 5) is 29.3. The van der Waals surface area contributed by atoms with E-state index in [2.05, 4.69) is 10.3 Å². The third kappa shape index (κ3) is 5.02. The Labute approximate surface area is 184 Å². The third-order valence-electron chi connectivity index (χ3n) is 5.34. The van der Waals surface area contributed by atoms with Gasteiger partial charge in [0.05, 0.1) is 25.7 Å². The number of furan rings is 1. The molecule has 7 nitrogen and oxygen atoms in total. The van der Waals surface area contributed by atoms with Gasteiger partial charge < -0.3 is 14.5 Å². The quantitative estimate of drug-likeness (QED) is 0.408. The molecule has 1 amide bonds. The predicted octanol–water partition coefficient (Wildman–Crippen LogP) is 2.83. The summed E-state index contributed by atoms with van der Waals surface area (Å²) in [7, 11) is 1.64. The van der Waals surface area contributed by atoms with Gasteiger partial charge in [-0.2, -0.15) is 4.98 Å². The number of hydrogen-bond donors (Lipinski definition) is 1. The van der Waals surface area contributed by atoms with Gasteiger partial charge in [-0.05, 0) is 49.4 Å². The van der Waals surface area contributed by atoms with Crippen LogP contribution in [0.4, 0.5) is 0 Å². The van der Waals surface area contributed by atoms with Crippen molar-refractivity contribution >= 4 is 17.7 Å². The van der Waals surface area contributed by atoms with Crippen molar-refractivity contribution in [2.24, 2.45) is 0 Å². The van der Waals surface area contributed by atoms with E-state index >= 15 is 0 Å². The molecule has 0 saturated heterocycles. The molecule has 2 heterocycles. The standard InChI is InChI=1S/C23H25N3O4S/c1-29-20-10-3-2-6-16(20)11-12-24-21(27)15-31-22-18-8-4-9-19(18)26(23(28)25-22)14-17-7-5-13-30-17/h2-3,5-7,10,13H,4,8-9,11-12,14-15H2,1H3,(H,24,27). The first-order valence-corrected chi connectivity index (χ1v) is 11.3. The molecule has 4 rings (SSSR count). The highest BCUT2D eigenvalue weighted by Crippen LogP contribution is 2.29. The molecule has 2 aromatic heterocycles. The van der Waals surface area contributed by atoms with Gasteiger partial charge in [0.1, 0.15) is 16.5 Å². The monoisotopic (exact) mass is 439 g/mol. The maximum Gasteiger partial charge on any atom is 0.349 e. The second-order valence-electron chi connectivity index (χ2n) is 7.34. The summed E-state index contributed by atoms with van der Waals surface area (Å²) in [6.45, 7) is 0.908. The van der Waals surface area contributed by atoms with Crippen LogP contribution in [-0.4, -0.2) is 34.9 Å². The summed E-state index contributed by atoms with van der Waals surface area (Å²) < 4.78 is 12.4. The molecule has 8 heteroatoms. The van der Waals surface area contributed by atoms with Crippen LogP contribution >= 0.6 is 11.8 Å². The van der Waals surface area contributed by atoms with E-state index in [1.807, 2.05) is 36.4 Å². The zero-order chi connectivity index (χ0) is 21.6. The molecule has 1 aliphatic carbocycles. The van der Waals surface area contributed by atoms with Crippen LogP contribution in [0.5, 0.6) is 5.75 Å². The minimum Gasteiger partial charge on any atom is -0.496 e. The highest BCUT2D eigenvalue weighted by atomic mass is 32.2. The minimum absolute atomic E-state index is 0.0757. The molecule has 0 saturated carbocycles. The maximum atomic E-state index is 12.6. The average Bonchev–Trinajstić information content (AvgIpc) is 3.47. The van der Waals surface area contributed by atoms with Crippen molar-refractivity contribution in [2.45, 2.75) is 37.3 Å². The van der Waals surface area contributed by atoms with E-state index in [9.17, 15) is 9.59 Å². The number of benzene rings is 1. The summed E-state index contributed by atoms with van der Waals surface area (Å²) in [5.74, 6) is 1.70. The number of fused-ring (bicyclic) bond motifs is 1. The van der Waals surface area contributed by atoms with Crippen molar-refractivity contribution in [3.05, 3.63) is 75.7 Å². The van der Waals surface area contributed by atoms with Crippen molar-refractivity contribution < 1.29 is 13.9 Å². The molecule has 0 aliphatic heterocycles. The predicted molar refractivity (Wildman–Crippen MR) is 119 cm³/mol. The van der Waals surface area contributed by atoms with Gasteiger partial charge in [0.2, 0.25) is 5.91 Å². The molecule has 0 radical (unpaired) electrons. The van der Waals surface area contributed by atoms with Gasteiger partial charge in [-0.25, -0.2) is 4.79 Å². The number of hydrogen-bond acceptors (Lipinski definition) is 6. The summed E-state index contributed by atoms with van der Waals surface area (Å²) in [6, 6.07) is 11.4. The van der Waals surface area contributed by atoms with Crippen molar-refractivity contribution in [1.82, 2.24) is 14.9 Å². The number of methoxy groups -OCH3 is 1. The van der Waals surface area contributed by atoms with Gasteiger partial charge >= 0.3 is 5.69 Å². The normalized spacial score (nSPS) is 12.5. The number of para-hydroxylation sites is 1. The lowest BCUT2D eigenvalue weighted by Crippen LogP contribution is -2.29. The highest BCUT2D eigenvalue weighted by Gasteiger charge is 2.23. The summed E-state index contributed by atoms with van der Waals surface area (Å²) in [6.07, 6.45) is 4.99. The van der Waals surface area contributed by atoms with Crippen molar-refractivity contribution in [1.29, 1.82) is 0 Å². The van der Waals surface area contributed by atoms with Gasteiger partial charge in [-0.15, -0.1) is 0 Å². The number of thioether (sulfide) groups is 1. The Morgan fingerprint density at radius 1 is 1.26 bits per heavy atom. The molecule has 0 bridgehead atoms. The average molecular weight is 440 g/mol. The second kappa shape index (κ2) is 9.87. The Bertz CT molecular complexity index is 1110. The van der Waals surface area contributed by atoms with Crippen LogP contribution in [0.1, 0.15) is 29.0 Å². The minimum atomic E-state index is -0.295. The first-order chi connectivity index (χ1) is 15.2. The zero-order valence-electron chi connectivity index (χ0n) is 17.4. The molecule has 0 spiro atoms. The largest absolute Gasteiger partial charge is 0.496 e. The van der Waals surface area contributed by atoms with Gasteiger partial charge in [-0.3, -0.25) is 9.36 Å². The Kier molecular flexibility index (Phi) is 6.76. The topological polar surface area (TPSA) is 86.4 Å². The van der Waals surface area contributed by atoms with Gasteiger partial charge in [0.25, 0.3) is 0 Å². The fraction of sp³-hybridized carbons (Fsp3) is 0.348.